The zero-order chi connectivity index (χ0) is 25.2. The van der Waals surface area contributed by atoms with Crippen LogP contribution in [0, 0.1) is 0 Å². The fourth-order valence-corrected chi connectivity index (χ4v) is 4.91. The second-order valence-corrected chi connectivity index (χ2v) is 9.53. The molecule has 3 amide bonds. The highest BCUT2D eigenvalue weighted by atomic mass is 35.5. The summed E-state index contributed by atoms with van der Waals surface area (Å²) in [5.41, 5.74) is 2.29. The van der Waals surface area contributed by atoms with Crippen LogP contribution in [0.4, 0.5) is 0 Å². The van der Waals surface area contributed by atoms with Crippen molar-refractivity contribution in [1.82, 2.24) is 20.1 Å². The molecule has 9 nitrogen and oxygen atoms in total. The van der Waals surface area contributed by atoms with E-state index in [1.807, 2.05) is 18.2 Å². The Morgan fingerprint density at radius 1 is 1.17 bits per heavy atom. The Balaban J connectivity index is 1.24. The molecule has 1 aromatic heterocycles. The Morgan fingerprint density at radius 2 is 1.97 bits per heavy atom. The molecule has 0 spiro atoms. The molecule has 2 saturated heterocycles. The number of imide groups is 1. The monoisotopic (exact) mass is 510 g/mol. The van der Waals surface area contributed by atoms with Gasteiger partial charge in [-0.2, -0.15) is 0 Å². The van der Waals surface area contributed by atoms with Crippen LogP contribution in [0.15, 0.2) is 42.6 Å². The van der Waals surface area contributed by atoms with Gasteiger partial charge in [0.1, 0.15) is 6.04 Å². The third-order valence-corrected chi connectivity index (χ3v) is 7.04. The normalized spacial score (nSPS) is 18.9. The van der Waals surface area contributed by atoms with Crippen LogP contribution >= 0.6 is 11.6 Å². The van der Waals surface area contributed by atoms with Gasteiger partial charge in [-0.25, -0.2) is 0 Å². The maximum atomic E-state index is 12.7. The van der Waals surface area contributed by atoms with Gasteiger partial charge >= 0.3 is 0 Å². The number of halogens is 1. The number of ether oxygens (including phenoxy) is 1. The lowest BCUT2D eigenvalue weighted by Crippen LogP contribution is -2.41. The SMILES string of the molecule is O=C1CCC(n2cc3cc(CNC(=O)c4ccc(CN5CCOCC5)c(Cl)c4)ccc3c2O)C(=O)N1. The molecule has 1 atom stereocenters. The number of piperidine rings is 1. The first-order valence-electron chi connectivity index (χ1n) is 11.9. The van der Waals surface area contributed by atoms with Crippen LogP contribution in [0.5, 0.6) is 5.88 Å². The molecule has 2 aliphatic rings. The number of amides is 3. The molecule has 10 heteroatoms. The molecule has 36 heavy (non-hydrogen) atoms. The number of nitrogens with one attached hydrogen (secondary N) is 2. The van der Waals surface area contributed by atoms with Crippen LogP contribution in [0.3, 0.4) is 0 Å². The number of fused-ring (bicyclic) bond motifs is 1. The number of aromatic hydroxyl groups is 1. The average Bonchev–Trinajstić information content (AvgIpc) is 3.19. The number of morpholine rings is 1. The molecule has 1 unspecified atom stereocenters. The molecule has 0 saturated carbocycles. The van der Waals surface area contributed by atoms with Gasteiger partial charge in [-0.1, -0.05) is 23.7 Å². The van der Waals surface area contributed by atoms with Crippen LogP contribution in [0.25, 0.3) is 10.8 Å². The number of aromatic nitrogens is 1. The molecule has 2 aromatic carbocycles. The first kappa shape index (κ1) is 24.3. The molecule has 3 N–H and O–H groups in total. The van der Waals surface area contributed by atoms with Gasteiger partial charge in [0.2, 0.25) is 11.8 Å². The fraction of sp³-hybridized carbons (Fsp3) is 0.346. The van der Waals surface area contributed by atoms with Crippen molar-refractivity contribution < 1.29 is 24.2 Å². The molecule has 2 aliphatic heterocycles. The first-order valence-corrected chi connectivity index (χ1v) is 12.3. The van der Waals surface area contributed by atoms with Crippen molar-refractivity contribution in [2.75, 3.05) is 26.3 Å². The number of rotatable bonds is 6. The minimum Gasteiger partial charge on any atom is -0.494 e. The minimum absolute atomic E-state index is 0.0260. The Bertz CT molecular complexity index is 1330. The summed E-state index contributed by atoms with van der Waals surface area (Å²) in [7, 11) is 0. The lowest BCUT2D eigenvalue weighted by molar-refractivity contribution is -0.135. The van der Waals surface area contributed by atoms with Gasteiger partial charge in [-0.15, -0.1) is 0 Å². The van der Waals surface area contributed by atoms with Gasteiger partial charge in [-0.05, 0) is 41.8 Å². The topological polar surface area (TPSA) is 113 Å². The van der Waals surface area contributed by atoms with Gasteiger partial charge < -0.3 is 19.7 Å². The van der Waals surface area contributed by atoms with E-state index in [9.17, 15) is 19.5 Å². The average molecular weight is 511 g/mol. The van der Waals surface area contributed by atoms with Crippen LogP contribution in [0.1, 0.15) is 40.4 Å². The minimum atomic E-state index is -0.644. The van der Waals surface area contributed by atoms with Crippen molar-refractivity contribution in [2.45, 2.75) is 32.0 Å². The molecular weight excluding hydrogens is 484 g/mol. The van der Waals surface area contributed by atoms with E-state index in [0.29, 0.717) is 35.6 Å². The van der Waals surface area contributed by atoms with E-state index in [1.165, 1.54) is 4.57 Å². The van der Waals surface area contributed by atoms with Crippen molar-refractivity contribution in [3.63, 3.8) is 0 Å². The highest BCUT2D eigenvalue weighted by molar-refractivity contribution is 6.31. The largest absolute Gasteiger partial charge is 0.494 e. The molecule has 188 valence electrons. The van der Waals surface area contributed by atoms with Crippen molar-refractivity contribution in [3.8, 4) is 5.88 Å². The van der Waals surface area contributed by atoms with E-state index in [0.717, 1.165) is 36.1 Å². The van der Waals surface area contributed by atoms with E-state index in [2.05, 4.69) is 15.5 Å². The zero-order valence-electron chi connectivity index (χ0n) is 19.6. The molecule has 5 rings (SSSR count). The number of hydrogen-bond acceptors (Lipinski definition) is 6. The molecule has 0 bridgehead atoms. The number of nitrogens with zero attached hydrogens (tertiary/aromatic N) is 2. The van der Waals surface area contributed by atoms with Crippen molar-refractivity contribution >= 4 is 40.1 Å². The van der Waals surface area contributed by atoms with E-state index in [4.69, 9.17) is 16.3 Å². The van der Waals surface area contributed by atoms with Gasteiger partial charge in [-0.3, -0.25) is 24.6 Å². The molecule has 0 radical (unpaired) electrons. The summed E-state index contributed by atoms with van der Waals surface area (Å²) in [6.07, 6.45) is 2.25. The second kappa shape index (κ2) is 10.3. The van der Waals surface area contributed by atoms with Crippen molar-refractivity contribution in [2.24, 2.45) is 0 Å². The van der Waals surface area contributed by atoms with Crippen LogP contribution in [-0.4, -0.2) is 58.6 Å². The molecule has 3 aromatic rings. The molecule has 2 fully saturated rings. The van der Waals surface area contributed by atoms with Crippen LogP contribution in [0.2, 0.25) is 5.02 Å². The highest BCUT2D eigenvalue weighted by Crippen LogP contribution is 2.33. The highest BCUT2D eigenvalue weighted by Gasteiger charge is 2.30. The van der Waals surface area contributed by atoms with Crippen molar-refractivity contribution in [1.29, 1.82) is 0 Å². The summed E-state index contributed by atoms with van der Waals surface area (Å²) < 4.78 is 6.87. The van der Waals surface area contributed by atoms with Crippen molar-refractivity contribution in [3.05, 3.63) is 64.3 Å². The van der Waals surface area contributed by atoms with Crippen LogP contribution < -0.4 is 10.6 Å². The Hall–Kier alpha value is -3.40. The number of hydrogen-bond donors (Lipinski definition) is 3. The maximum Gasteiger partial charge on any atom is 0.251 e. The summed E-state index contributed by atoms with van der Waals surface area (Å²) in [6, 6.07) is 10.1. The van der Waals surface area contributed by atoms with Gasteiger partial charge in [0.25, 0.3) is 5.91 Å². The standard InChI is InChI=1S/C26H27ClN4O5/c27-21-12-17(2-3-18(21)14-30-7-9-36-10-8-30)24(33)28-13-16-1-4-20-19(11-16)15-31(26(20)35)22-5-6-23(32)29-25(22)34/h1-4,11-12,15,22,35H,5-10,13-14H2,(H,28,33)(H,29,32,34). The summed E-state index contributed by atoms with van der Waals surface area (Å²) in [6.45, 7) is 4.15. The Morgan fingerprint density at radius 3 is 2.72 bits per heavy atom. The number of carbonyl (C=O) groups is 3. The zero-order valence-corrected chi connectivity index (χ0v) is 20.4. The number of carbonyl (C=O) groups excluding carboxylic acids is 3. The maximum absolute atomic E-state index is 12.7. The summed E-state index contributed by atoms with van der Waals surface area (Å²) >= 11 is 6.46. The van der Waals surface area contributed by atoms with Gasteiger partial charge in [0, 0.05) is 60.2 Å². The van der Waals surface area contributed by atoms with E-state index < -0.39 is 11.9 Å². The molecular formula is C26H27ClN4O5. The lowest BCUT2D eigenvalue weighted by atomic mass is 10.1. The predicted octanol–water partition coefficient (Wildman–Crippen LogP) is 2.74. The van der Waals surface area contributed by atoms with E-state index in [-0.39, 0.29) is 30.7 Å². The van der Waals surface area contributed by atoms with E-state index in [1.54, 1.807) is 24.4 Å². The summed E-state index contributed by atoms with van der Waals surface area (Å²) in [4.78, 5) is 38.7. The number of benzene rings is 2. The Labute approximate surface area is 213 Å². The smallest absolute Gasteiger partial charge is 0.251 e. The third kappa shape index (κ3) is 5.09. The molecule has 0 aliphatic carbocycles. The quantitative estimate of drug-likeness (QED) is 0.439. The van der Waals surface area contributed by atoms with Gasteiger partial charge in [0.15, 0.2) is 5.88 Å². The third-order valence-electron chi connectivity index (χ3n) is 6.69. The Kier molecular flexibility index (Phi) is 6.95. The van der Waals surface area contributed by atoms with E-state index >= 15 is 0 Å². The van der Waals surface area contributed by atoms with Crippen LogP contribution in [-0.2, 0) is 27.4 Å². The summed E-state index contributed by atoms with van der Waals surface area (Å²) in [5.74, 6) is -0.997. The lowest BCUT2D eigenvalue weighted by Gasteiger charge is -2.26. The predicted molar refractivity (Wildman–Crippen MR) is 134 cm³/mol. The molecule has 3 heterocycles. The van der Waals surface area contributed by atoms with Gasteiger partial charge in [0.05, 0.1) is 13.2 Å². The summed E-state index contributed by atoms with van der Waals surface area (Å²) in [5, 5.41) is 17.8. The second-order valence-electron chi connectivity index (χ2n) is 9.13. The first-order chi connectivity index (χ1) is 17.4. The fourth-order valence-electron chi connectivity index (χ4n) is 4.67.